The van der Waals surface area contributed by atoms with E-state index in [0.29, 0.717) is 6.54 Å². The van der Waals surface area contributed by atoms with Crippen LogP contribution >= 0.6 is 0 Å². The molecular weight excluding hydrogens is 124 g/mol. The number of anilines is 1. The molecule has 0 saturated carbocycles. The lowest BCUT2D eigenvalue weighted by atomic mass is 10.1. The lowest BCUT2D eigenvalue weighted by molar-refractivity contribution is 1.05. The predicted molar refractivity (Wildman–Crippen MR) is 42.3 cm³/mol. The molecule has 0 saturated heterocycles. The normalized spacial score (nSPS) is 9.80. The van der Waals surface area contributed by atoms with Crippen LogP contribution < -0.4 is 11.5 Å². The standard InChI is InChI=1S/C8H11N2/c1-6-7(5-9)3-2-4-8(6)10/h2,4H,5,9-10H2,1H3. The third kappa shape index (κ3) is 1.11. The first kappa shape index (κ1) is 7.09. The monoisotopic (exact) mass is 135 g/mol. The quantitative estimate of drug-likeness (QED) is 0.560. The van der Waals surface area contributed by atoms with Crippen LogP contribution in [0, 0.1) is 13.0 Å². The van der Waals surface area contributed by atoms with Gasteiger partial charge < -0.3 is 11.5 Å². The maximum atomic E-state index is 5.62. The van der Waals surface area contributed by atoms with E-state index in [0.717, 1.165) is 16.8 Å². The van der Waals surface area contributed by atoms with Gasteiger partial charge in [-0.3, -0.25) is 0 Å². The van der Waals surface area contributed by atoms with Gasteiger partial charge in [0.05, 0.1) is 0 Å². The van der Waals surface area contributed by atoms with Crippen molar-refractivity contribution in [1.29, 1.82) is 0 Å². The molecule has 0 amide bonds. The molecule has 0 bridgehead atoms. The lowest BCUT2D eigenvalue weighted by Crippen LogP contribution is -2.01. The van der Waals surface area contributed by atoms with E-state index in [2.05, 4.69) is 6.07 Å². The van der Waals surface area contributed by atoms with Gasteiger partial charge in [0.2, 0.25) is 0 Å². The van der Waals surface area contributed by atoms with Gasteiger partial charge in [-0.25, -0.2) is 0 Å². The molecule has 4 N–H and O–H groups in total. The first-order chi connectivity index (χ1) is 4.75. The summed E-state index contributed by atoms with van der Waals surface area (Å²) in [5.74, 6) is 0. The smallest absolute Gasteiger partial charge is 0.0347 e. The first-order valence-electron chi connectivity index (χ1n) is 3.21. The van der Waals surface area contributed by atoms with E-state index >= 15 is 0 Å². The Labute approximate surface area is 60.8 Å². The summed E-state index contributed by atoms with van der Waals surface area (Å²) in [6.07, 6.45) is 0. The van der Waals surface area contributed by atoms with E-state index < -0.39 is 0 Å². The van der Waals surface area contributed by atoms with E-state index in [1.54, 1.807) is 6.07 Å². The van der Waals surface area contributed by atoms with Gasteiger partial charge in [-0.05, 0) is 30.2 Å². The summed E-state index contributed by atoms with van der Waals surface area (Å²) in [5.41, 5.74) is 13.9. The van der Waals surface area contributed by atoms with Crippen molar-refractivity contribution in [2.24, 2.45) is 5.73 Å². The highest BCUT2D eigenvalue weighted by molar-refractivity contribution is 5.49. The Kier molecular flexibility index (Phi) is 1.92. The van der Waals surface area contributed by atoms with E-state index in [9.17, 15) is 0 Å². The van der Waals surface area contributed by atoms with Gasteiger partial charge in [-0.15, -0.1) is 0 Å². The summed E-state index contributed by atoms with van der Waals surface area (Å²) in [4.78, 5) is 0. The molecule has 1 rings (SSSR count). The van der Waals surface area contributed by atoms with E-state index in [4.69, 9.17) is 11.5 Å². The van der Waals surface area contributed by atoms with Crippen molar-refractivity contribution in [2.45, 2.75) is 13.5 Å². The molecule has 53 valence electrons. The minimum Gasteiger partial charge on any atom is -0.399 e. The topological polar surface area (TPSA) is 52.0 Å². The molecule has 0 atom stereocenters. The third-order valence-corrected chi connectivity index (χ3v) is 1.61. The molecule has 1 radical (unpaired) electrons. The molecule has 1 aromatic carbocycles. The summed E-state index contributed by atoms with van der Waals surface area (Å²) in [6, 6.07) is 6.65. The fraction of sp³-hybridized carbons (Fsp3) is 0.250. The molecule has 0 aliphatic rings. The zero-order valence-corrected chi connectivity index (χ0v) is 6.02. The number of hydrogen-bond acceptors (Lipinski definition) is 2. The summed E-state index contributed by atoms with van der Waals surface area (Å²) in [7, 11) is 0. The maximum absolute atomic E-state index is 5.62. The van der Waals surface area contributed by atoms with Crippen molar-refractivity contribution in [1.82, 2.24) is 0 Å². The Morgan fingerprint density at radius 1 is 1.60 bits per heavy atom. The number of nitrogens with two attached hydrogens (primary N) is 2. The van der Waals surface area contributed by atoms with Gasteiger partial charge in [0.1, 0.15) is 0 Å². The Hall–Kier alpha value is -1.02. The van der Waals surface area contributed by atoms with Crippen LogP contribution in [0.25, 0.3) is 0 Å². The van der Waals surface area contributed by atoms with Crippen LogP contribution in [0.3, 0.4) is 0 Å². The van der Waals surface area contributed by atoms with Crippen molar-refractivity contribution in [2.75, 3.05) is 5.73 Å². The second-order valence-corrected chi connectivity index (χ2v) is 2.24. The maximum Gasteiger partial charge on any atom is 0.0347 e. The largest absolute Gasteiger partial charge is 0.399 e. The van der Waals surface area contributed by atoms with Crippen molar-refractivity contribution in [3.8, 4) is 0 Å². The SMILES string of the molecule is Cc1c(CN)[c]ccc1N. The van der Waals surface area contributed by atoms with Crippen LogP contribution in [0.15, 0.2) is 12.1 Å². The minimum atomic E-state index is 0.511. The average molecular weight is 135 g/mol. The van der Waals surface area contributed by atoms with Gasteiger partial charge in [0.15, 0.2) is 0 Å². The summed E-state index contributed by atoms with van der Waals surface area (Å²) >= 11 is 0. The van der Waals surface area contributed by atoms with Crippen LogP contribution in [-0.2, 0) is 6.54 Å². The highest BCUT2D eigenvalue weighted by Gasteiger charge is 1.97. The summed E-state index contributed by atoms with van der Waals surface area (Å²) in [6.45, 7) is 2.46. The molecule has 0 fully saturated rings. The van der Waals surface area contributed by atoms with Crippen molar-refractivity contribution in [3.05, 3.63) is 29.3 Å². The van der Waals surface area contributed by atoms with Gasteiger partial charge >= 0.3 is 0 Å². The summed E-state index contributed by atoms with van der Waals surface area (Å²) < 4.78 is 0. The Balaban J connectivity index is 3.14. The van der Waals surface area contributed by atoms with Gasteiger partial charge in [-0.2, -0.15) is 0 Å². The highest BCUT2D eigenvalue weighted by atomic mass is 14.6. The second-order valence-electron chi connectivity index (χ2n) is 2.24. The summed E-state index contributed by atoms with van der Waals surface area (Å²) in [5, 5.41) is 0. The predicted octanol–water partition coefficient (Wildman–Crippen LogP) is 0.836. The van der Waals surface area contributed by atoms with Crippen molar-refractivity contribution in [3.63, 3.8) is 0 Å². The van der Waals surface area contributed by atoms with Crippen molar-refractivity contribution >= 4 is 5.69 Å². The second kappa shape index (κ2) is 2.71. The minimum absolute atomic E-state index is 0.511. The molecular formula is C8H11N2. The molecule has 0 aliphatic heterocycles. The zero-order chi connectivity index (χ0) is 7.56. The zero-order valence-electron chi connectivity index (χ0n) is 6.02. The molecule has 0 aromatic heterocycles. The highest BCUT2D eigenvalue weighted by Crippen LogP contribution is 2.13. The Morgan fingerprint density at radius 2 is 2.30 bits per heavy atom. The van der Waals surface area contributed by atoms with Crippen LogP contribution in [0.5, 0.6) is 0 Å². The fourth-order valence-corrected chi connectivity index (χ4v) is 0.852. The third-order valence-electron chi connectivity index (χ3n) is 1.61. The molecule has 10 heavy (non-hydrogen) atoms. The molecule has 2 nitrogen and oxygen atoms in total. The van der Waals surface area contributed by atoms with E-state index in [1.165, 1.54) is 0 Å². The molecule has 0 aliphatic carbocycles. The average Bonchev–Trinajstić information content (AvgIpc) is 1.95. The van der Waals surface area contributed by atoms with Crippen LogP contribution in [0.1, 0.15) is 11.1 Å². The van der Waals surface area contributed by atoms with E-state index in [1.807, 2.05) is 13.0 Å². The molecule has 0 spiro atoms. The molecule has 0 unspecified atom stereocenters. The van der Waals surface area contributed by atoms with Crippen LogP contribution in [-0.4, -0.2) is 0 Å². The van der Waals surface area contributed by atoms with E-state index in [-0.39, 0.29) is 0 Å². The Bertz CT molecular complexity index is 231. The number of hydrogen-bond donors (Lipinski definition) is 2. The molecule has 2 heteroatoms. The molecule has 1 aromatic rings. The van der Waals surface area contributed by atoms with Gasteiger partial charge in [0.25, 0.3) is 0 Å². The fourth-order valence-electron chi connectivity index (χ4n) is 0.852. The van der Waals surface area contributed by atoms with Crippen molar-refractivity contribution < 1.29 is 0 Å². The van der Waals surface area contributed by atoms with Crippen LogP contribution in [0.4, 0.5) is 5.69 Å². The lowest BCUT2D eigenvalue weighted by Gasteiger charge is -2.03. The number of nitrogen functional groups attached to an aromatic ring is 1. The van der Waals surface area contributed by atoms with Gasteiger partial charge in [-0.1, -0.05) is 6.07 Å². The van der Waals surface area contributed by atoms with Crippen LogP contribution in [0.2, 0.25) is 0 Å². The molecule has 0 heterocycles. The van der Waals surface area contributed by atoms with Gasteiger partial charge in [0, 0.05) is 12.2 Å². The first-order valence-corrected chi connectivity index (χ1v) is 3.21. The number of rotatable bonds is 1. The Morgan fingerprint density at radius 3 is 2.80 bits per heavy atom. The number of benzene rings is 1.